The van der Waals surface area contributed by atoms with Crippen molar-refractivity contribution in [3.8, 4) is 5.69 Å². The number of aryl methyl sites for hydroxylation is 2. The number of rotatable bonds is 7. The molecule has 0 unspecified atom stereocenters. The van der Waals surface area contributed by atoms with Crippen LogP contribution in [0, 0.1) is 25.5 Å². The van der Waals surface area contributed by atoms with Gasteiger partial charge in [-0.3, -0.25) is 4.79 Å². The summed E-state index contributed by atoms with van der Waals surface area (Å²) in [7, 11) is -4.17. The average Bonchev–Trinajstić information content (AvgIpc) is 3.04. The Bertz CT molecular complexity index is 1270. The molecule has 1 amide bonds. The van der Waals surface area contributed by atoms with Crippen molar-refractivity contribution in [2.45, 2.75) is 18.7 Å². The summed E-state index contributed by atoms with van der Waals surface area (Å²) in [6.45, 7) is 6.87. The van der Waals surface area contributed by atoms with Crippen LogP contribution in [0.3, 0.4) is 0 Å². The number of carbonyl (C=O) groups is 1. The fraction of sp³-hybridized carbons (Fsp3) is 0.143. The number of anilines is 1. The van der Waals surface area contributed by atoms with E-state index in [4.69, 9.17) is 0 Å². The molecule has 10 heteroatoms. The third-order valence-corrected chi connectivity index (χ3v) is 5.78. The fourth-order valence-electron chi connectivity index (χ4n) is 2.93. The van der Waals surface area contributed by atoms with Crippen molar-refractivity contribution in [2.24, 2.45) is 0 Å². The zero-order valence-electron chi connectivity index (χ0n) is 16.8. The number of benzene rings is 2. The Hall–Kier alpha value is -3.37. The van der Waals surface area contributed by atoms with Gasteiger partial charge in [0.1, 0.15) is 16.4 Å². The van der Waals surface area contributed by atoms with Crippen molar-refractivity contribution in [1.29, 1.82) is 0 Å². The van der Waals surface area contributed by atoms with Crippen LogP contribution in [-0.2, 0) is 10.0 Å². The van der Waals surface area contributed by atoms with Crippen LogP contribution in [0.2, 0.25) is 0 Å². The van der Waals surface area contributed by atoms with Gasteiger partial charge in [0.05, 0.1) is 5.69 Å². The molecule has 31 heavy (non-hydrogen) atoms. The Kier molecular flexibility index (Phi) is 6.32. The molecule has 1 aromatic heterocycles. The number of hydrogen-bond donors (Lipinski definition) is 2. The number of hydrogen-bond acceptors (Lipinski definition) is 4. The SMILES string of the molecule is C=CCNS(=O)(=O)c1cc(C(=O)Nc2ccc(-n3nc(C)cc3C)c(F)c2)ccc1F. The third kappa shape index (κ3) is 4.86. The maximum absolute atomic E-state index is 14.6. The zero-order chi connectivity index (χ0) is 22.8. The smallest absolute Gasteiger partial charge is 0.255 e. The molecule has 3 rings (SSSR count). The second-order valence-electron chi connectivity index (χ2n) is 6.74. The second-order valence-corrected chi connectivity index (χ2v) is 8.48. The first-order valence-corrected chi connectivity index (χ1v) is 10.7. The third-order valence-electron chi connectivity index (χ3n) is 4.34. The minimum Gasteiger partial charge on any atom is -0.322 e. The Morgan fingerprint density at radius 3 is 2.48 bits per heavy atom. The Morgan fingerprint density at radius 2 is 1.87 bits per heavy atom. The van der Waals surface area contributed by atoms with Crippen LogP contribution >= 0.6 is 0 Å². The van der Waals surface area contributed by atoms with Gasteiger partial charge in [0.2, 0.25) is 10.0 Å². The minimum absolute atomic E-state index is 0.0981. The van der Waals surface area contributed by atoms with E-state index < -0.39 is 32.5 Å². The van der Waals surface area contributed by atoms with Gasteiger partial charge < -0.3 is 5.32 Å². The standard InChI is InChI=1S/C21H20F2N4O3S/c1-4-9-24-31(29,30)20-11-15(5-7-17(20)22)21(28)25-16-6-8-19(18(23)12-16)27-14(3)10-13(2)26-27/h4-8,10-12,24H,1,9H2,2-3H3,(H,25,28). The number of nitrogens with zero attached hydrogens (tertiary/aromatic N) is 2. The highest BCUT2D eigenvalue weighted by molar-refractivity contribution is 7.89. The molecule has 0 fully saturated rings. The van der Waals surface area contributed by atoms with Crippen LogP contribution in [0.5, 0.6) is 0 Å². The summed E-state index contributed by atoms with van der Waals surface area (Å²) < 4.78 is 56.6. The summed E-state index contributed by atoms with van der Waals surface area (Å²) in [6, 6.07) is 8.80. The van der Waals surface area contributed by atoms with Crippen LogP contribution in [0.25, 0.3) is 5.69 Å². The van der Waals surface area contributed by atoms with Gasteiger partial charge in [-0.05, 0) is 56.3 Å². The first-order valence-electron chi connectivity index (χ1n) is 9.17. The number of nitrogens with one attached hydrogen (secondary N) is 2. The van der Waals surface area contributed by atoms with Gasteiger partial charge in [-0.2, -0.15) is 5.10 Å². The van der Waals surface area contributed by atoms with Gasteiger partial charge in [-0.25, -0.2) is 26.6 Å². The molecule has 0 atom stereocenters. The molecule has 2 aromatic carbocycles. The van der Waals surface area contributed by atoms with E-state index in [-0.39, 0.29) is 23.5 Å². The molecule has 0 saturated carbocycles. The first kappa shape index (κ1) is 22.3. The van der Waals surface area contributed by atoms with Crippen molar-refractivity contribution in [3.63, 3.8) is 0 Å². The van der Waals surface area contributed by atoms with Gasteiger partial charge in [0.15, 0.2) is 5.82 Å². The molecule has 0 aliphatic carbocycles. The maximum atomic E-state index is 14.6. The second kappa shape index (κ2) is 8.78. The summed E-state index contributed by atoms with van der Waals surface area (Å²) in [4.78, 5) is 11.9. The predicted molar refractivity (Wildman–Crippen MR) is 113 cm³/mol. The highest BCUT2D eigenvalue weighted by Crippen LogP contribution is 2.22. The van der Waals surface area contributed by atoms with Crippen molar-refractivity contribution in [1.82, 2.24) is 14.5 Å². The summed E-state index contributed by atoms with van der Waals surface area (Å²) in [5.74, 6) is -2.34. The van der Waals surface area contributed by atoms with Crippen LogP contribution in [-0.4, -0.2) is 30.7 Å². The molecule has 0 saturated heterocycles. The highest BCUT2D eigenvalue weighted by Gasteiger charge is 2.21. The minimum atomic E-state index is -4.17. The van der Waals surface area contributed by atoms with Gasteiger partial charge in [-0.1, -0.05) is 6.08 Å². The zero-order valence-corrected chi connectivity index (χ0v) is 17.6. The summed E-state index contributed by atoms with van der Waals surface area (Å²) in [5.41, 5.74) is 1.74. The highest BCUT2D eigenvalue weighted by atomic mass is 32.2. The van der Waals surface area contributed by atoms with Crippen molar-refractivity contribution in [2.75, 3.05) is 11.9 Å². The molecule has 162 valence electrons. The molecule has 0 radical (unpaired) electrons. The summed E-state index contributed by atoms with van der Waals surface area (Å²) in [6.07, 6.45) is 1.30. The van der Waals surface area contributed by atoms with Crippen LogP contribution < -0.4 is 10.0 Å². The van der Waals surface area contributed by atoms with Crippen molar-refractivity contribution < 1.29 is 22.0 Å². The maximum Gasteiger partial charge on any atom is 0.255 e. The number of aromatic nitrogens is 2. The number of sulfonamides is 1. The molecule has 0 aliphatic rings. The largest absolute Gasteiger partial charge is 0.322 e. The predicted octanol–water partition coefficient (Wildman–Crippen LogP) is 3.48. The van der Waals surface area contributed by atoms with Gasteiger partial charge in [0, 0.05) is 23.5 Å². The van der Waals surface area contributed by atoms with Gasteiger partial charge in [0.25, 0.3) is 5.91 Å². The molecule has 3 aromatic rings. The fourth-order valence-corrected chi connectivity index (χ4v) is 4.03. The lowest BCUT2D eigenvalue weighted by molar-refractivity contribution is 0.102. The lowest BCUT2D eigenvalue weighted by atomic mass is 10.2. The Morgan fingerprint density at radius 1 is 1.13 bits per heavy atom. The molecule has 2 N–H and O–H groups in total. The van der Waals surface area contributed by atoms with Crippen LogP contribution in [0.4, 0.5) is 14.5 Å². The molecule has 1 heterocycles. The normalized spacial score (nSPS) is 11.4. The van der Waals surface area contributed by atoms with Crippen molar-refractivity contribution >= 4 is 21.6 Å². The molecule has 0 spiro atoms. The Labute approximate surface area is 178 Å². The van der Waals surface area contributed by atoms with E-state index in [0.29, 0.717) is 0 Å². The van der Waals surface area contributed by atoms with E-state index in [1.54, 1.807) is 19.9 Å². The number of halogens is 2. The van der Waals surface area contributed by atoms with E-state index in [1.165, 1.54) is 22.9 Å². The summed E-state index contributed by atoms with van der Waals surface area (Å²) in [5, 5.41) is 6.70. The quantitative estimate of drug-likeness (QED) is 0.544. The van der Waals surface area contributed by atoms with E-state index in [0.717, 1.165) is 35.7 Å². The molecule has 0 aliphatic heterocycles. The topological polar surface area (TPSA) is 93.1 Å². The van der Waals surface area contributed by atoms with Crippen LogP contribution in [0.15, 0.2) is 60.0 Å². The van der Waals surface area contributed by atoms with E-state index in [9.17, 15) is 22.0 Å². The number of carbonyl (C=O) groups excluding carboxylic acids is 1. The Balaban J connectivity index is 1.85. The van der Waals surface area contributed by atoms with E-state index in [1.807, 2.05) is 0 Å². The van der Waals surface area contributed by atoms with E-state index >= 15 is 0 Å². The monoisotopic (exact) mass is 446 g/mol. The van der Waals surface area contributed by atoms with Crippen LogP contribution in [0.1, 0.15) is 21.7 Å². The molecule has 0 bridgehead atoms. The van der Waals surface area contributed by atoms with Gasteiger partial charge in [-0.15, -0.1) is 6.58 Å². The lowest BCUT2D eigenvalue weighted by Gasteiger charge is -2.11. The lowest BCUT2D eigenvalue weighted by Crippen LogP contribution is -2.25. The summed E-state index contributed by atoms with van der Waals surface area (Å²) >= 11 is 0. The van der Waals surface area contributed by atoms with E-state index in [2.05, 4.69) is 21.7 Å². The van der Waals surface area contributed by atoms with Crippen molar-refractivity contribution in [3.05, 3.63) is 83.7 Å². The first-order chi connectivity index (χ1) is 14.6. The molecular formula is C21H20F2N4O3S. The van der Waals surface area contributed by atoms with Gasteiger partial charge >= 0.3 is 0 Å². The number of amides is 1. The molecular weight excluding hydrogens is 426 g/mol. The molecule has 7 nitrogen and oxygen atoms in total. The average molecular weight is 446 g/mol.